The highest BCUT2D eigenvalue weighted by molar-refractivity contribution is 6.11. The summed E-state index contributed by atoms with van der Waals surface area (Å²) in [5.41, 5.74) is 0.746. The Morgan fingerprint density at radius 2 is 1.68 bits per heavy atom. The van der Waals surface area contributed by atoms with E-state index in [0.29, 0.717) is 16.6 Å². The van der Waals surface area contributed by atoms with Crippen molar-refractivity contribution in [2.75, 3.05) is 30.8 Å². The lowest BCUT2D eigenvalue weighted by Crippen LogP contribution is -2.50. The smallest absolute Gasteiger partial charge is 0.337 e. The van der Waals surface area contributed by atoms with Crippen molar-refractivity contribution in [3.05, 3.63) is 59.3 Å². The van der Waals surface area contributed by atoms with Crippen LogP contribution in [0.2, 0.25) is 0 Å². The van der Waals surface area contributed by atoms with Crippen LogP contribution in [0.1, 0.15) is 26.4 Å². The lowest BCUT2D eigenvalue weighted by Gasteiger charge is -2.28. The van der Waals surface area contributed by atoms with E-state index >= 15 is 0 Å². The summed E-state index contributed by atoms with van der Waals surface area (Å²) in [6, 6.07) is 11.4. The minimum Gasteiger partial charge on any atom is -0.478 e. The fraction of sp³-hybridized carbons (Fsp3) is 0.308. The number of aromatic nitrogens is 1. The number of hydrogen-bond donors (Lipinski definition) is 8. The van der Waals surface area contributed by atoms with Gasteiger partial charge in [0.25, 0.3) is 5.91 Å². The summed E-state index contributed by atoms with van der Waals surface area (Å²) in [5, 5.41) is 72.6. The van der Waals surface area contributed by atoms with Crippen LogP contribution >= 0.6 is 0 Å². The van der Waals surface area contributed by atoms with Crippen LogP contribution in [0, 0.1) is 11.3 Å². The number of likely N-dealkylation sites (N-methyl/N-ethyl adjacent to an activating group) is 1. The first-order chi connectivity index (χ1) is 18.9. The molecular weight excluding hydrogens is 526 g/mol. The minimum atomic E-state index is -1.84. The first-order valence-corrected chi connectivity index (χ1v) is 11.9. The van der Waals surface area contributed by atoms with Gasteiger partial charge in [0.15, 0.2) is 0 Å². The number of benzene rings is 2. The summed E-state index contributed by atoms with van der Waals surface area (Å²) < 4.78 is 1.50. The maximum atomic E-state index is 13.1. The predicted molar refractivity (Wildman–Crippen MR) is 142 cm³/mol. The zero-order chi connectivity index (χ0) is 29.7. The van der Waals surface area contributed by atoms with Crippen LogP contribution in [0.4, 0.5) is 16.2 Å². The van der Waals surface area contributed by atoms with E-state index in [9.17, 15) is 39.9 Å². The van der Waals surface area contributed by atoms with Gasteiger partial charge in [-0.2, -0.15) is 5.26 Å². The van der Waals surface area contributed by atoms with Crippen LogP contribution in [0.5, 0.6) is 0 Å². The van der Waals surface area contributed by atoms with E-state index in [1.165, 1.54) is 23.7 Å². The number of carboxylic acids is 1. The van der Waals surface area contributed by atoms with Crippen molar-refractivity contribution in [1.29, 1.82) is 5.26 Å². The van der Waals surface area contributed by atoms with E-state index < -0.39 is 55.5 Å². The van der Waals surface area contributed by atoms with E-state index in [1.54, 1.807) is 31.3 Å². The number of nitrogens with one attached hydrogen (secondary N) is 2. The zero-order valence-corrected chi connectivity index (χ0v) is 21.5. The summed E-state index contributed by atoms with van der Waals surface area (Å²) in [6.45, 7) is -1.27. The molecule has 1 aromatic heterocycles. The highest BCUT2D eigenvalue weighted by Crippen LogP contribution is 2.28. The average molecular weight is 556 g/mol. The van der Waals surface area contributed by atoms with Gasteiger partial charge in [-0.15, -0.1) is 0 Å². The number of urea groups is 1. The summed E-state index contributed by atoms with van der Waals surface area (Å²) in [7, 11) is 2.89. The number of hydrogen-bond acceptors (Lipinski definition) is 9. The van der Waals surface area contributed by atoms with Gasteiger partial charge in [-0.25, -0.2) is 9.59 Å². The quantitative estimate of drug-likeness (QED) is 0.166. The molecule has 0 aliphatic rings. The van der Waals surface area contributed by atoms with Crippen molar-refractivity contribution in [1.82, 2.24) is 9.47 Å². The Hall–Kier alpha value is -4.52. The molecule has 3 amide bonds. The molecule has 0 saturated carbocycles. The van der Waals surface area contributed by atoms with Crippen LogP contribution in [0.25, 0.3) is 10.9 Å². The number of fused-ring (bicyclic) bond motifs is 1. The number of para-hydroxylation sites is 1. The largest absolute Gasteiger partial charge is 0.478 e. The lowest BCUT2D eigenvalue weighted by molar-refractivity contribution is -0.117. The molecule has 0 radical (unpaired) electrons. The van der Waals surface area contributed by atoms with Crippen LogP contribution in [-0.2, 0) is 7.05 Å². The highest BCUT2D eigenvalue weighted by atomic mass is 16.4. The molecule has 14 heteroatoms. The second kappa shape index (κ2) is 12.6. The molecule has 8 N–H and O–H groups in total. The predicted octanol–water partition coefficient (Wildman–Crippen LogP) is -0.0999. The van der Waals surface area contributed by atoms with E-state index in [0.717, 1.165) is 11.0 Å². The molecule has 212 valence electrons. The Morgan fingerprint density at radius 3 is 2.30 bits per heavy atom. The van der Waals surface area contributed by atoms with Gasteiger partial charge in [0.05, 0.1) is 47.2 Å². The fourth-order valence-corrected chi connectivity index (χ4v) is 4.07. The number of rotatable bonds is 10. The molecule has 3 aromatic rings. The number of amides is 3. The fourth-order valence-electron chi connectivity index (χ4n) is 4.07. The molecule has 0 spiro atoms. The Labute approximate surface area is 227 Å². The number of carbonyl (C=O) groups excluding carboxylic acids is 2. The van der Waals surface area contributed by atoms with Crippen molar-refractivity contribution in [2.45, 2.75) is 24.4 Å². The van der Waals surface area contributed by atoms with Crippen molar-refractivity contribution in [3.63, 3.8) is 0 Å². The molecule has 2 aromatic carbocycles. The van der Waals surface area contributed by atoms with Crippen molar-refractivity contribution in [2.24, 2.45) is 7.05 Å². The van der Waals surface area contributed by atoms with Gasteiger partial charge in [0, 0.05) is 19.5 Å². The number of nitriles is 1. The van der Waals surface area contributed by atoms with Gasteiger partial charge < -0.3 is 50.7 Å². The monoisotopic (exact) mass is 555 g/mol. The molecule has 1 heterocycles. The average Bonchev–Trinajstić information content (AvgIpc) is 3.28. The number of aromatic carboxylic acids is 1. The Morgan fingerprint density at radius 1 is 1.00 bits per heavy atom. The Balaban J connectivity index is 1.80. The standard InChI is InChI=1S/C26H29N5O9/c1-30(11-19(33)22(35)23(36)20(34)12-32)26(40)29-17-5-3-4-14-9-18(31(2)21(14)17)24(37)28-16-7-6-13(10-27)8-15(16)25(38)39/h3-9,19-20,22-23,32-36H,11-12H2,1-2H3,(H,28,37)(H,29,40)(H,38,39). The minimum absolute atomic E-state index is 0.00530. The van der Waals surface area contributed by atoms with E-state index in [1.807, 2.05) is 6.07 Å². The van der Waals surface area contributed by atoms with Gasteiger partial charge in [-0.3, -0.25) is 4.79 Å². The molecule has 0 fully saturated rings. The summed E-state index contributed by atoms with van der Waals surface area (Å²) in [5.74, 6) is -1.96. The van der Waals surface area contributed by atoms with Crippen molar-refractivity contribution >= 4 is 40.2 Å². The number of carbonyl (C=O) groups is 3. The normalized spacial score (nSPS) is 14.1. The van der Waals surface area contributed by atoms with Gasteiger partial charge in [0.1, 0.15) is 30.1 Å². The summed E-state index contributed by atoms with van der Waals surface area (Å²) >= 11 is 0. The SMILES string of the molecule is CN(CC(O)C(O)C(O)C(O)CO)C(=O)Nc1cccc2cc(C(=O)Nc3ccc(C#N)cc3C(=O)O)n(C)c12. The maximum Gasteiger partial charge on any atom is 0.337 e. The zero-order valence-electron chi connectivity index (χ0n) is 21.5. The first-order valence-electron chi connectivity index (χ1n) is 11.9. The maximum absolute atomic E-state index is 13.1. The van der Waals surface area contributed by atoms with Gasteiger partial charge >= 0.3 is 12.0 Å². The van der Waals surface area contributed by atoms with Crippen LogP contribution in [0.15, 0.2) is 42.5 Å². The first kappa shape index (κ1) is 30.0. The second-order valence-corrected chi connectivity index (χ2v) is 9.07. The topological polar surface area (TPSA) is 229 Å². The second-order valence-electron chi connectivity index (χ2n) is 9.07. The molecule has 40 heavy (non-hydrogen) atoms. The third kappa shape index (κ3) is 6.37. The molecular formula is C26H29N5O9. The van der Waals surface area contributed by atoms with E-state index in [4.69, 9.17) is 10.4 Å². The highest BCUT2D eigenvalue weighted by Gasteiger charge is 2.31. The summed E-state index contributed by atoms with van der Waals surface area (Å²) in [4.78, 5) is 38.6. The third-order valence-corrected chi connectivity index (χ3v) is 6.29. The molecule has 0 bridgehead atoms. The van der Waals surface area contributed by atoms with E-state index in [2.05, 4.69) is 10.6 Å². The number of nitrogens with zero attached hydrogens (tertiary/aromatic N) is 3. The number of aryl methyl sites for hydroxylation is 1. The van der Waals surface area contributed by atoms with Crippen molar-refractivity contribution < 1.29 is 45.0 Å². The number of aliphatic hydroxyl groups is 5. The van der Waals surface area contributed by atoms with Gasteiger partial charge in [0.2, 0.25) is 0 Å². The van der Waals surface area contributed by atoms with Gasteiger partial charge in [-0.05, 0) is 30.3 Å². The molecule has 14 nitrogen and oxygen atoms in total. The molecule has 0 aliphatic carbocycles. The molecule has 0 saturated heterocycles. The van der Waals surface area contributed by atoms with Crippen molar-refractivity contribution in [3.8, 4) is 6.07 Å². The lowest BCUT2D eigenvalue weighted by atomic mass is 10.0. The Bertz CT molecular complexity index is 1460. The third-order valence-electron chi connectivity index (χ3n) is 6.29. The Kier molecular flexibility index (Phi) is 9.43. The van der Waals surface area contributed by atoms with E-state index in [-0.39, 0.29) is 22.5 Å². The van der Waals surface area contributed by atoms with Crippen LogP contribution in [-0.4, -0.2) is 103 Å². The van der Waals surface area contributed by atoms with Crippen LogP contribution in [0.3, 0.4) is 0 Å². The number of carboxylic acid groups (broad SMARTS) is 1. The summed E-state index contributed by atoms with van der Waals surface area (Å²) in [6.07, 6.45) is -7.01. The van der Waals surface area contributed by atoms with Gasteiger partial charge in [-0.1, -0.05) is 12.1 Å². The molecule has 3 rings (SSSR count). The van der Waals surface area contributed by atoms with Crippen LogP contribution < -0.4 is 10.6 Å². The number of aliphatic hydroxyl groups excluding tert-OH is 5. The molecule has 4 unspecified atom stereocenters. The number of anilines is 2. The molecule has 4 atom stereocenters. The molecule has 0 aliphatic heterocycles.